The van der Waals surface area contributed by atoms with E-state index < -0.39 is 5.97 Å². The average Bonchev–Trinajstić information content (AvgIpc) is 2.86. The van der Waals surface area contributed by atoms with Crippen LogP contribution in [0.15, 0.2) is 30.3 Å². The van der Waals surface area contributed by atoms with Crippen LogP contribution in [0.2, 0.25) is 0 Å². The Balaban J connectivity index is 1.54. The first kappa shape index (κ1) is 11.7. The highest BCUT2D eigenvalue weighted by Crippen LogP contribution is 2.55. The Kier molecular flexibility index (Phi) is 2.86. The molecule has 0 bridgehead atoms. The van der Waals surface area contributed by atoms with E-state index in [2.05, 4.69) is 29.2 Å². The molecule has 3 rings (SSSR count). The highest BCUT2D eigenvalue weighted by Gasteiger charge is 2.58. The molecular formula is C15H19NO2. The van der Waals surface area contributed by atoms with Gasteiger partial charge in [0.05, 0.1) is 5.92 Å². The molecule has 3 nitrogen and oxygen atoms in total. The molecule has 4 atom stereocenters. The summed E-state index contributed by atoms with van der Waals surface area (Å²) in [6, 6.07) is 10.5. The summed E-state index contributed by atoms with van der Waals surface area (Å²) in [5.41, 5.74) is 1.35. The quantitative estimate of drug-likeness (QED) is 0.883. The maximum atomic E-state index is 11.0. The van der Waals surface area contributed by atoms with Gasteiger partial charge < -0.3 is 5.11 Å². The fourth-order valence-electron chi connectivity index (χ4n) is 3.54. The van der Waals surface area contributed by atoms with Crippen LogP contribution in [0, 0.1) is 23.7 Å². The lowest BCUT2D eigenvalue weighted by atomic mass is 10.0. The van der Waals surface area contributed by atoms with Gasteiger partial charge >= 0.3 is 5.97 Å². The molecule has 2 fully saturated rings. The molecule has 18 heavy (non-hydrogen) atoms. The molecule has 1 aromatic rings. The minimum absolute atomic E-state index is 0.168. The molecule has 1 N–H and O–H groups in total. The molecule has 3 heteroatoms. The second-order valence-corrected chi connectivity index (χ2v) is 5.71. The average molecular weight is 245 g/mol. The van der Waals surface area contributed by atoms with E-state index in [0.717, 1.165) is 19.6 Å². The number of carboxylic acids is 1. The molecule has 1 saturated heterocycles. The van der Waals surface area contributed by atoms with E-state index in [0.29, 0.717) is 17.8 Å². The molecule has 1 aliphatic carbocycles. The predicted octanol–water partition coefficient (Wildman–Crippen LogP) is 2.09. The molecule has 0 unspecified atom stereocenters. The smallest absolute Gasteiger partial charge is 0.306 e. The van der Waals surface area contributed by atoms with Crippen molar-refractivity contribution in [3.05, 3.63) is 35.9 Å². The third-order valence-corrected chi connectivity index (χ3v) is 4.55. The first-order valence-electron chi connectivity index (χ1n) is 6.66. The lowest BCUT2D eigenvalue weighted by molar-refractivity contribution is -0.142. The van der Waals surface area contributed by atoms with E-state index in [-0.39, 0.29) is 5.92 Å². The summed E-state index contributed by atoms with van der Waals surface area (Å²) in [6.07, 6.45) is 0. The third-order valence-electron chi connectivity index (χ3n) is 4.55. The van der Waals surface area contributed by atoms with Gasteiger partial charge in [-0.3, -0.25) is 9.69 Å². The minimum Gasteiger partial charge on any atom is -0.481 e. The summed E-state index contributed by atoms with van der Waals surface area (Å²) in [6.45, 7) is 5.00. The van der Waals surface area contributed by atoms with Gasteiger partial charge in [-0.2, -0.15) is 0 Å². The number of hydrogen-bond donors (Lipinski definition) is 1. The van der Waals surface area contributed by atoms with Crippen LogP contribution < -0.4 is 0 Å². The predicted molar refractivity (Wildman–Crippen MR) is 69.0 cm³/mol. The van der Waals surface area contributed by atoms with Gasteiger partial charge in [0.15, 0.2) is 0 Å². The van der Waals surface area contributed by atoms with Crippen molar-refractivity contribution < 1.29 is 9.90 Å². The topological polar surface area (TPSA) is 40.5 Å². The maximum Gasteiger partial charge on any atom is 0.306 e. The van der Waals surface area contributed by atoms with Crippen molar-refractivity contribution >= 4 is 5.97 Å². The highest BCUT2D eigenvalue weighted by atomic mass is 16.4. The summed E-state index contributed by atoms with van der Waals surface area (Å²) in [5, 5.41) is 9.04. The van der Waals surface area contributed by atoms with Gasteiger partial charge in [0, 0.05) is 19.6 Å². The van der Waals surface area contributed by atoms with Crippen molar-refractivity contribution in [2.75, 3.05) is 13.1 Å². The first-order valence-corrected chi connectivity index (χ1v) is 6.66. The van der Waals surface area contributed by atoms with Crippen LogP contribution in [0.4, 0.5) is 0 Å². The molecule has 1 saturated carbocycles. The summed E-state index contributed by atoms with van der Waals surface area (Å²) in [7, 11) is 0. The second kappa shape index (κ2) is 4.39. The fourth-order valence-corrected chi connectivity index (χ4v) is 3.54. The van der Waals surface area contributed by atoms with Crippen LogP contribution in [0.5, 0.6) is 0 Å². The number of likely N-dealkylation sites (tertiary alicyclic amines) is 1. The van der Waals surface area contributed by atoms with Crippen molar-refractivity contribution in [1.82, 2.24) is 4.90 Å². The lowest BCUT2D eigenvalue weighted by Gasteiger charge is -2.20. The van der Waals surface area contributed by atoms with E-state index in [1.807, 2.05) is 13.0 Å². The molecule has 2 aliphatic rings. The van der Waals surface area contributed by atoms with Crippen molar-refractivity contribution in [3.8, 4) is 0 Å². The summed E-state index contributed by atoms with van der Waals surface area (Å²) in [5.74, 6) is 0.872. The Labute approximate surface area is 107 Å². The zero-order valence-corrected chi connectivity index (χ0v) is 10.6. The monoisotopic (exact) mass is 245 g/mol. The molecule has 0 amide bonds. The van der Waals surface area contributed by atoms with Gasteiger partial charge in [0.1, 0.15) is 0 Å². The van der Waals surface area contributed by atoms with Gasteiger partial charge in [-0.05, 0) is 23.3 Å². The molecule has 1 aromatic carbocycles. The third kappa shape index (κ3) is 2.03. The van der Waals surface area contributed by atoms with E-state index in [9.17, 15) is 4.79 Å². The van der Waals surface area contributed by atoms with E-state index in [4.69, 9.17) is 5.11 Å². The second-order valence-electron chi connectivity index (χ2n) is 5.71. The number of fused-ring (bicyclic) bond motifs is 1. The van der Waals surface area contributed by atoms with E-state index in [1.165, 1.54) is 5.56 Å². The number of nitrogens with zero attached hydrogens (tertiary/aromatic N) is 1. The fraction of sp³-hybridized carbons (Fsp3) is 0.533. The van der Waals surface area contributed by atoms with Crippen LogP contribution >= 0.6 is 0 Å². The molecular weight excluding hydrogens is 226 g/mol. The summed E-state index contributed by atoms with van der Waals surface area (Å²) in [4.78, 5) is 13.4. The summed E-state index contributed by atoms with van der Waals surface area (Å²) < 4.78 is 0. The largest absolute Gasteiger partial charge is 0.481 e. The van der Waals surface area contributed by atoms with E-state index in [1.54, 1.807) is 0 Å². The first-order chi connectivity index (χ1) is 8.66. The highest BCUT2D eigenvalue weighted by molar-refractivity contribution is 5.70. The van der Waals surface area contributed by atoms with Gasteiger partial charge in [0.25, 0.3) is 0 Å². The van der Waals surface area contributed by atoms with Crippen LogP contribution in [0.3, 0.4) is 0 Å². The number of hydrogen-bond acceptors (Lipinski definition) is 2. The zero-order valence-electron chi connectivity index (χ0n) is 10.6. The molecule has 0 radical (unpaired) electrons. The van der Waals surface area contributed by atoms with Crippen molar-refractivity contribution in [2.24, 2.45) is 23.7 Å². The van der Waals surface area contributed by atoms with Crippen LogP contribution in [0.25, 0.3) is 0 Å². The molecule has 96 valence electrons. The standard InChI is InChI=1S/C15H19NO2/c1-10(15(17)18)14-12-8-16(9-13(12)14)7-11-5-3-2-4-6-11/h2-6,10,12-14H,7-9H2,1H3,(H,17,18)/t10-,12-,13+,14-/m1/s1. The number of piperidine rings is 1. The van der Waals surface area contributed by atoms with Crippen molar-refractivity contribution in [3.63, 3.8) is 0 Å². The molecule has 0 spiro atoms. The normalized spacial score (nSPS) is 31.9. The zero-order chi connectivity index (χ0) is 12.7. The Morgan fingerprint density at radius 1 is 1.33 bits per heavy atom. The van der Waals surface area contributed by atoms with Gasteiger partial charge in [-0.1, -0.05) is 37.3 Å². The molecule has 1 heterocycles. The Hall–Kier alpha value is -1.35. The molecule has 0 aromatic heterocycles. The molecule has 1 aliphatic heterocycles. The summed E-state index contributed by atoms with van der Waals surface area (Å²) >= 11 is 0. The van der Waals surface area contributed by atoms with Crippen molar-refractivity contribution in [1.29, 1.82) is 0 Å². The number of rotatable bonds is 4. The Morgan fingerprint density at radius 3 is 2.50 bits per heavy atom. The number of carboxylic acid groups (broad SMARTS) is 1. The van der Waals surface area contributed by atoms with Crippen molar-refractivity contribution in [2.45, 2.75) is 13.5 Å². The van der Waals surface area contributed by atoms with Gasteiger partial charge in [-0.15, -0.1) is 0 Å². The number of benzene rings is 1. The Morgan fingerprint density at radius 2 is 1.94 bits per heavy atom. The van der Waals surface area contributed by atoms with Gasteiger partial charge in [0.2, 0.25) is 0 Å². The van der Waals surface area contributed by atoms with E-state index >= 15 is 0 Å². The lowest BCUT2D eigenvalue weighted by Crippen LogP contribution is -2.27. The van der Waals surface area contributed by atoms with Crippen LogP contribution in [-0.4, -0.2) is 29.1 Å². The maximum absolute atomic E-state index is 11.0. The van der Waals surface area contributed by atoms with Gasteiger partial charge in [-0.25, -0.2) is 0 Å². The van der Waals surface area contributed by atoms with Crippen LogP contribution in [-0.2, 0) is 11.3 Å². The number of carbonyl (C=O) groups is 1. The Bertz CT molecular complexity index is 433. The SMILES string of the molecule is C[C@@H](C(=O)O)[C@@H]1[C@@H]2CN(Cc3ccccc3)C[C@@H]21. The minimum atomic E-state index is -0.635. The number of aliphatic carboxylic acids is 1. The van der Waals surface area contributed by atoms with Crippen LogP contribution in [0.1, 0.15) is 12.5 Å².